The van der Waals surface area contributed by atoms with E-state index in [-0.39, 0.29) is 11.9 Å². The first-order chi connectivity index (χ1) is 15.1. The monoisotopic (exact) mass is 417 g/mol. The number of fused-ring (bicyclic) bond motifs is 1. The van der Waals surface area contributed by atoms with Crippen LogP contribution >= 0.6 is 0 Å². The molecule has 1 aliphatic rings. The minimum absolute atomic E-state index is 0.0299. The summed E-state index contributed by atoms with van der Waals surface area (Å²) in [5.74, 6) is 1.52. The van der Waals surface area contributed by atoms with Crippen molar-refractivity contribution in [3.63, 3.8) is 0 Å². The zero-order chi connectivity index (χ0) is 21.8. The Labute approximate surface area is 183 Å². The summed E-state index contributed by atoms with van der Waals surface area (Å²) in [7, 11) is 3.31. The van der Waals surface area contributed by atoms with Crippen LogP contribution < -0.4 is 19.7 Å². The van der Waals surface area contributed by atoms with E-state index >= 15 is 0 Å². The van der Waals surface area contributed by atoms with Gasteiger partial charge in [0.25, 0.3) is 5.91 Å². The number of carbonyl (C=O) groups is 1. The Balaban J connectivity index is 1.50. The van der Waals surface area contributed by atoms with Crippen molar-refractivity contribution in [2.45, 2.75) is 25.9 Å². The van der Waals surface area contributed by atoms with Crippen LogP contribution in [0.5, 0.6) is 11.5 Å². The van der Waals surface area contributed by atoms with Gasteiger partial charge < -0.3 is 19.7 Å². The Hall–Kier alpha value is -3.31. The number of amides is 1. The number of anilines is 1. The van der Waals surface area contributed by atoms with Crippen molar-refractivity contribution in [2.75, 3.05) is 26.1 Å². The van der Waals surface area contributed by atoms with Gasteiger partial charge in [0, 0.05) is 23.2 Å². The molecule has 5 heteroatoms. The highest BCUT2D eigenvalue weighted by atomic mass is 16.5. The van der Waals surface area contributed by atoms with Crippen LogP contribution in [-0.2, 0) is 17.8 Å². The van der Waals surface area contributed by atoms with Gasteiger partial charge in [0.15, 0.2) is 17.5 Å². The summed E-state index contributed by atoms with van der Waals surface area (Å²) in [4.78, 5) is 14.4. The summed E-state index contributed by atoms with van der Waals surface area (Å²) in [6.45, 7) is 3.68. The molecule has 0 saturated carbocycles. The molecule has 3 aromatic carbocycles. The van der Waals surface area contributed by atoms with E-state index in [1.165, 1.54) is 16.0 Å². The third-order valence-electron chi connectivity index (χ3n) is 6.11. The lowest BCUT2D eigenvalue weighted by Gasteiger charge is -2.30. The molecule has 0 aromatic heterocycles. The third-order valence-corrected chi connectivity index (χ3v) is 6.11. The van der Waals surface area contributed by atoms with Crippen LogP contribution in [0.2, 0.25) is 0 Å². The Kier molecular flexibility index (Phi) is 6.23. The number of nitrogens with one attached hydrogen (secondary N) is 2. The highest BCUT2D eigenvalue weighted by Crippen LogP contribution is 2.31. The van der Waals surface area contributed by atoms with Crippen LogP contribution in [0.3, 0.4) is 0 Å². The fourth-order valence-electron chi connectivity index (χ4n) is 4.25. The van der Waals surface area contributed by atoms with Gasteiger partial charge in [-0.15, -0.1) is 0 Å². The third kappa shape index (κ3) is 4.42. The zero-order valence-corrected chi connectivity index (χ0v) is 18.3. The Morgan fingerprint density at radius 3 is 2.29 bits per heavy atom. The zero-order valence-electron chi connectivity index (χ0n) is 18.3. The summed E-state index contributed by atoms with van der Waals surface area (Å²) < 4.78 is 10.9. The van der Waals surface area contributed by atoms with E-state index in [0.29, 0.717) is 0 Å². The molecule has 1 unspecified atom stereocenters. The summed E-state index contributed by atoms with van der Waals surface area (Å²) in [6, 6.07) is 22.0. The molecule has 5 nitrogen and oxygen atoms in total. The molecule has 2 atom stereocenters. The maximum Gasteiger partial charge on any atom is 0.282 e. The van der Waals surface area contributed by atoms with Crippen LogP contribution in [0.15, 0.2) is 66.7 Å². The molecule has 1 heterocycles. The van der Waals surface area contributed by atoms with Gasteiger partial charge in [0.1, 0.15) is 6.54 Å². The predicted octanol–water partition coefficient (Wildman–Crippen LogP) is 3.34. The Morgan fingerprint density at radius 1 is 0.935 bits per heavy atom. The van der Waals surface area contributed by atoms with E-state index in [1.54, 1.807) is 14.2 Å². The van der Waals surface area contributed by atoms with Gasteiger partial charge in [-0.2, -0.15) is 0 Å². The van der Waals surface area contributed by atoms with Gasteiger partial charge in [0.05, 0.1) is 20.8 Å². The second-order valence-corrected chi connectivity index (χ2v) is 7.93. The molecule has 0 saturated heterocycles. The molecule has 0 aliphatic carbocycles. The fourth-order valence-corrected chi connectivity index (χ4v) is 4.25. The average molecular weight is 418 g/mol. The van der Waals surface area contributed by atoms with Crippen LogP contribution in [0.4, 0.5) is 5.69 Å². The normalized spacial score (nSPS) is 16.2. The molecular weight excluding hydrogens is 388 g/mol. The van der Waals surface area contributed by atoms with Gasteiger partial charge in [0.2, 0.25) is 0 Å². The van der Waals surface area contributed by atoms with Crippen molar-refractivity contribution in [3.05, 3.63) is 77.9 Å². The minimum Gasteiger partial charge on any atom is -0.493 e. The number of quaternary nitrogens is 1. The van der Waals surface area contributed by atoms with Crippen molar-refractivity contribution in [1.82, 2.24) is 0 Å². The number of benzene rings is 3. The number of methoxy groups -OCH3 is 2. The lowest BCUT2D eigenvalue weighted by Crippen LogP contribution is -3.16. The highest BCUT2D eigenvalue weighted by Gasteiger charge is 2.30. The number of carbonyl (C=O) groups excluding carboxylic acids is 1. The largest absolute Gasteiger partial charge is 0.493 e. The molecule has 0 fully saturated rings. The summed E-state index contributed by atoms with van der Waals surface area (Å²) in [6.07, 6.45) is 0.906. The van der Waals surface area contributed by atoms with Gasteiger partial charge in [-0.25, -0.2) is 0 Å². The van der Waals surface area contributed by atoms with Crippen LogP contribution in [-0.4, -0.2) is 32.7 Å². The van der Waals surface area contributed by atoms with Crippen molar-refractivity contribution in [3.8, 4) is 22.6 Å². The molecule has 31 heavy (non-hydrogen) atoms. The second kappa shape index (κ2) is 9.23. The molecule has 4 rings (SSSR count). The molecule has 0 bridgehead atoms. The van der Waals surface area contributed by atoms with E-state index in [1.807, 2.05) is 55.5 Å². The molecule has 1 amide bonds. The van der Waals surface area contributed by atoms with E-state index in [4.69, 9.17) is 9.47 Å². The second-order valence-electron chi connectivity index (χ2n) is 7.93. The van der Waals surface area contributed by atoms with Gasteiger partial charge in [-0.05, 0) is 36.2 Å². The number of para-hydroxylation sites is 1. The minimum atomic E-state index is -0.176. The lowest BCUT2D eigenvalue weighted by atomic mass is 9.97. The Bertz CT molecular complexity index is 1070. The van der Waals surface area contributed by atoms with Crippen LogP contribution in [0.25, 0.3) is 11.1 Å². The molecule has 0 radical (unpaired) electrons. The maximum atomic E-state index is 13.2. The predicted molar refractivity (Wildman–Crippen MR) is 123 cm³/mol. The number of rotatable bonds is 6. The molecule has 0 spiro atoms. The average Bonchev–Trinajstić information content (AvgIpc) is 2.83. The lowest BCUT2D eigenvalue weighted by molar-refractivity contribution is -0.929. The summed E-state index contributed by atoms with van der Waals surface area (Å²) in [5.41, 5.74) is 5.44. The SMILES string of the molecule is COc1cc2c(cc1OC)C[NH+]([C@@H](C)C(=O)Nc1ccccc1-c1ccccc1)CC2. The van der Waals surface area contributed by atoms with Crippen molar-refractivity contribution >= 4 is 11.6 Å². The number of hydrogen-bond donors (Lipinski definition) is 2. The Morgan fingerprint density at radius 2 is 1.58 bits per heavy atom. The fraction of sp³-hybridized carbons (Fsp3) is 0.269. The highest BCUT2D eigenvalue weighted by molar-refractivity contribution is 5.97. The smallest absolute Gasteiger partial charge is 0.282 e. The first-order valence-corrected chi connectivity index (χ1v) is 10.6. The molecule has 1 aliphatic heterocycles. The number of ether oxygens (including phenoxy) is 2. The van der Waals surface area contributed by atoms with Crippen LogP contribution in [0.1, 0.15) is 18.1 Å². The first kappa shape index (κ1) is 20.9. The summed E-state index contributed by atoms with van der Waals surface area (Å²) >= 11 is 0. The first-order valence-electron chi connectivity index (χ1n) is 10.6. The molecular formula is C26H29N2O3+. The molecule has 160 valence electrons. The number of hydrogen-bond acceptors (Lipinski definition) is 3. The van der Waals surface area contributed by atoms with Crippen molar-refractivity contribution in [2.24, 2.45) is 0 Å². The molecule has 3 aromatic rings. The topological polar surface area (TPSA) is 52.0 Å². The quantitative estimate of drug-likeness (QED) is 0.647. The van der Waals surface area contributed by atoms with Crippen molar-refractivity contribution < 1.29 is 19.2 Å². The van der Waals surface area contributed by atoms with E-state index in [0.717, 1.165) is 47.8 Å². The standard InChI is InChI=1S/C26H28N2O3/c1-18(28-14-13-20-15-24(30-2)25(31-3)16-21(20)17-28)26(29)27-23-12-8-7-11-22(23)19-9-5-4-6-10-19/h4-12,15-16,18H,13-14,17H2,1-3H3,(H,27,29)/p+1/t18-/m0/s1. The van der Waals surface area contributed by atoms with E-state index < -0.39 is 0 Å². The van der Waals surface area contributed by atoms with Crippen LogP contribution in [0, 0.1) is 0 Å². The molecule has 2 N–H and O–H groups in total. The van der Waals surface area contributed by atoms with Gasteiger partial charge >= 0.3 is 0 Å². The maximum absolute atomic E-state index is 13.2. The van der Waals surface area contributed by atoms with E-state index in [2.05, 4.69) is 23.5 Å². The van der Waals surface area contributed by atoms with Gasteiger partial charge in [-0.3, -0.25) is 4.79 Å². The summed E-state index contributed by atoms with van der Waals surface area (Å²) in [5, 5.41) is 3.17. The van der Waals surface area contributed by atoms with Gasteiger partial charge in [-0.1, -0.05) is 48.5 Å². The van der Waals surface area contributed by atoms with Crippen molar-refractivity contribution in [1.29, 1.82) is 0 Å². The van der Waals surface area contributed by atoms with E-state index in [9.17, 15) is 4.79 Å².